The Labute approximate surface area is 205 Å². The highest BCUT2D eigenvalue weighted by Gasteiger charge is 2.20. The van der Waals surface area contributed by atoms with Crippen LogP contribution in [0, 0.1) is 5.92 Å². The van der Waals surface area contributed by atoms with Gasteiger partial charge in [0, 0.05) is 32.3 Å². The number of ether oxygens (including phenoxy) is 1. The average Bonchev–Trinajstić information content (AvgIpc) is 2.75. The van der Waals surface area contributed by atoms with Crippen molar-refractivity contribution >= 4 is 46.6 Å². The first-order valence-corrected chi connectivity index (χ1v) is 11.1. The summed E-state index contributed by atoms with van der Waals surface area (Å²) in [6.45, 7) is 11.4. The molecule has 9 heteroatoms. The average molecular weight is 496 g/mol. The minimum atomic E-state index is -0.674. The van der Waals surface area contributed by atoms with Crippen LogP contribution in [0.3, 0.4) is 0 Å². The van der Waals surface area contributed by atoms with Crippen LogP contribution in [0.25, 0.3) is 5.57 Å². The predicted octanol–water partition coefficient (Wildman–Crippen LogP) is 5.20. The van der Waals surface area contributed by atoms with Gasteiger partial charge in [0.2, 0.25) is 5.91 Å². The number of hydrogen-bond acceptors (Lipinski definition) is 4. The van der Waals surface area contributed by atoms with Gasteiger partial charge in [0.25, 0.3) is 5.91 Å². The molecular weight excluding hydrogens is 465 g/mol. The van der Waals surface area contributed by atoms with E-state index in [2.05, 4.69) is 17.2 Å². The summed E-state index contributed by atoms with van der Waals surface area (Å²) in [6.07, 6.45) is 2.36. The molecule has 0 saturated carbocycles. The van der Waals surface area contributed by atoms with E-state index in [0.29, 0.717) is 23.3 Å². The molecule has 0 aromatic heterocycles. The van der Waals surface area contributed by atoms with Gasteiger partial charge in [-0.2, -0.15) is 0 Å². The van der Waals surface area contributed by atoms with Crippen LogP contribution in [0.5, 0.6) is 5.75 Å². The molecule has 0 atom stereocenters. The second-order valence-electron chi connectivity index (χ2n) is 7.83. The molecule has 33 heavy (non-hydrogen) atoms. The zero-order valence-electron chi connectivity index (χ0n) is 20.1. The molecule has 1 aromatic carbocycles. The maximum Gasteiger partial charge on any atom is 0.323 e. The Bertz CT molecular complexity index is 988. The Morgan fingerprint density at radius 1 is 1.15 bits per heavy atom. The highest BCUT2D eigenvalue weighted by atomic mass is 35.5. The molecule has 0 radical (unpaired) electrons. The third-order valence-corrected chi connectivity index (χ3v) is 5.37. The number of urea groups is 1. The highest BCUT2D eigenvalue weighted by Crippen LogP contribution is 2.38. The minimum absolute atomic E-state index is 0.0164. The van der Waals surface area contributed by atoms with Crippen molar-refractivity contribution < 1.29 is 19.1 Å². The van der Waals surface area contributed by atoms with Gasteiger partial charge in [-0.3, -0.25) is 14.9 Å². The van der Waals surface area contributed by atoms with Crippen molar-refractivity contribution in [1.29, 1.82) is 0 Å². The molecule has 0 aliphatic heterocycles. The predicted molar refractivity (Wildman–Crippen MR) is 133 cm³/mol. The van der Waals surface area contributed by atoms with E-state index >= 15 is 0 Å². The molecule has 0 unspecified atom stereocenters. The first-order chi connectivity index (χ1) is 15.3. The summed E-state index contributed by atoms with van der Waals surface area (Å²) in [5.41, 5.74) is 1.78. The van der Waals surface area contributed by atoms with Gasteiger partial charge in [-0.15, -0.1) is 0 Å². The lowest BCUT2D eigenvalue weighted by Crippen LogP contribution is -2.38. The lowest BCUT2D eigenvalue weighted by molar-refractivity contribution is -0.117. The summed E-state index contributed by atoms with van der Waals surface area (Å²) < 4.78 is 6.06. The summed E-state index contributed by atoms with van der Waals surface area (Å²) >= 11 is 12.9. The Morgan fingerprint density at radius 2 is 1.70 bits per heavy atom. The largest absolute Gasteiger partial charge is 0.454 e. The van der Waals surface area contributed by atoms with Crippen LogP contribution < -0.4 is 15.4 Å². The van der Waals surface area contributed by atoms with E-state index in [4.69, 9.17) is 27.9 Å². The van der Waals surface area contributed by atoms with Crippen molar-refractivity contribution in [1.82, 2.24) is 15.5 Å². The van der Waals surface area contributed by atoms with Crippen LogP contribution in [-0.2, 0) is 9.59 Å². The Kier molecular flexibility index (Phi) is 10.7. The number of carbonyl (C=O) groups excluding carboxylic acids is 3. The van der Waals surface area contributed by atoms with Gasteiger partial charge in [-0.25, -0.2) is 4.79 Å². The van der Waals surface area contributed by atoms with Crippen molar-refractivity contribution in [2.45, 2.75) is 34.1 Å². The fraction of sp³-hybridized carbons (Fsp3) is 0.375. The summed E-state index contributed by atoms with van der Waals surface area (Å²) in [6, 6.07) is 2.39. The number of carbonyl (C=O) groups is 3. The molecule has 7 nitrogen and oxygen atoms in total. The summed E-state index contributed by atoms with van der Waals surface area (Å²) in [4.78, 5) is 37.6. The van der Waals surface area contributed by atoms with Crippen LogP contribution in [-0.4, -0.2) is 43.9 Å². The third kappa shape index (κ3) is 7.65. The zero-order chi connectivity index (χ0) is 25.5. The molecule has 2 N–H and O–H groups in total. The molecule has 0 spiro atoms. The molecule has 0 saturated heterocycles. The highest BCUT2D eigenvalue weighted by molar-refractivity contribution is 6.38. The molecule has 1 aromatic rings. The van der Waals surface area contributed by atoms with Crippen LogP contribution in [0.1, 0.15) is 39.7 Å². The number of hydrogen-bond donors (Lipinski definition) is 2. The summed E-state index contributed by atoms with van der Waals surface area (Å²) in [7, 11) is 4.59. The second kappa shape index (κ2) is 12.5. The molecule has 1 rings (SSSR count). The lowest BCUT2D eigenvalue weighted by atomic mass is 10.0. The maximum atomic E-state index is 12.3. The van der Waals surface area contributed by atoms with Gasteiger partial charge in [-0.05, 0) is 48.6 Å². The van der Waals surface area contributed by atoms with Crippen LogP contribution in [0.4, 0.5) is 4.79 Å². The van der Waals surface area contributed by atoms with Crippen molar-refractivity contribution in [2.24, 2.45) is 5.92 Å². The first kappa shape index (κ1) is 28.3. The van der Waals surface area contributed by atoms with Crippen molar-refractivity contribution in [3.63, 3.8) is 0 Å². The minimum Gasteiger partial charge on any atom is -0.454 e. The fourth-order valence-electron chi connectivity index (χ4n) is 2.55. The number of amides is 4. The van der Waals surface area contributed by atoms with Crippen LogP contribution in [0.15, 0.2) is 41.7 Å². The number of benzene rings is 1. The number of nitrogens with zero attached hydrogens (tertiary/aromatic N) is 1. The molecule has 0 fully saturated rings. The Hall–Kier alpha value is -2.77. The zero-order valence-corrected chi connectivity index (χ0v) is 21.6. The molecule has 0 heterocycles. The topological polar surface area (TPSA) is 87.7 Å². The fourth-order valence-corrected chi connectivity index (χ4v) is 3.12. The molecular formula is C24H31Cl2N3O4. The normalized spacial score (nSPS) is 12.1. The quantitative estimate of drug-likeness (QED) is 0.294. The SMILES string of the molecule is C=C(C(=O)NC(=O)N(C)C)c1cc(Cl)c(OC(/C=C(\C(=O)NC)C(C)C)=C(/C)CC)c(Cl)c1. The van der Waals surface area contributed by atoms with Gasteiger partial charge < -0.3 is 15.0 Å². The Balaban J connectivity index is 3.36. The summed E-state index contributed by atoms with van der Waals surface area (Å²) in [5, 5.41) is 5.14. The number of rotatable bonds is 8. The van der Waals surface area contributed by atoms with E-state index in [0.717, 1.165) is 5.57 Å². The van der Waals surface area contributed by atoms with E-state index in [1.54, 1.807) is 13.1 Å². The van der Waals surface area contributed by atoms with E-state index in [1.807, 2.05) is 27.7 Å². The van der Waals surface area contributed by atoms with E-state index < -0.39 is 11.9 Å². The van der Waals surface area contributed by atoms with Gasteiger partial charge in [0.05, 0.1) is 10.0 Å². The van der Waals surface area contributed by atoms with Crippen molar-refractivity contribution in [3.8, 4) is 5.75 Å². The third-order valence-electron chi connectivity index (χ3n) is 4.81. The molecule has 180 valence electrons. The smallest absolute Gasteiger partial charge is 0.323 e. The van der Waals surface area contributed by atoms with Gasteiger partial charge in [-0.1, -0.05) is 50.6 Å². The van der Waals surface area contributed by atoms with Crippen LogP contribution in [0.2, 0.25) is 10.0 Å². The maximum absolute atomic E-state index is 12.3. The monoisotopic (exact) mass is 495 g/mol. The number of halogens is 2. The number of allylic oxidation sites excluding steroid dienone is 2. The second-order valence-corrected chi connectivity index (χ2v) is 8.65. The van der Waals surface area contributed by atoms with Gasteiger partial charge in [0.15, 0.2) is 5.75 Å². The van der Waals surface area contributed by atoms with Crippen molar-refractivity contribution in [3.05, 3.63) is 57.3 Å². The standard InChI is InChI=1S/C24H31Cl2N3O4/c1-9-14(4)20(12-17(13(2)3)23(31)27-6)33-21-18(25)10-16(11-19(21)26)15(5)22(30)28-24(32)29(7)8/h10-13H,5,9H2,1-4,6-8H3,(H,27,31)(H,28,30,32)/b17-12-,20-14-. The lowest BCUT2D eigenvalue weighted by Gasteiger charge is -2.17. The first-order valence-electron chi connectivity index (χ1n) is 10.4. The molecule has 0 aliphatic carbocycles. The molecule has 0 aliphatic rings. The van der Waals surface area contributed by atoms with Gasteiger partial charge in [0.1, 0.15) is 5.76 Å². The summed E-state index contributed by atoms with van der Waals surface area (Å²) in [5.74, 6) is -0.300. The molecule has 0 bridgehead atoms. The van der Waals surface area contributed by atoms with E-state index in [-0.39, 0.29) is 33.2 Å². The number of likely N-dealkylation sites (N-methyl/N-ethyl adjacent to an activating group) is 1. The van der Waals surface area contributed by atoms with E-state index in [9.17, 15) is 14.4 Å². The van der Waals surface area contributed by atoms with E-state index in [1.165, 1.54) is 31.1 Å². The van der Waals surface area contributed by atoms with Crippen molar-refractivity contribution in [2.75, 3.05) is 21.1 Å². The van der Waals surface area contributed by atoms with Gasteiger partial charge >= 0.3 is 6.03 Å². The number of nitrogens with one attached hydrogen (secondary N) is 2. The van der Waals surface area contributed by atoms with Crippen LogP contribution >= 0.6 is 23.2 Å². The molecule has 4 amide bonds. The Morgan fingerprint density at radius 3 is 2.12 bits per heavy atom. The number of imide groups is 1.